The third kappa shape index (κ3) is 7.02. The van der Waals surface area contributed by atoms with Crippen LogP contribution in [0.5, 0.6) is 5.75 Å². The molecule has 1 saturated heterocycles. The summed E-state index contributed by atoms with van der Waals surface area (Å²) >= 11 is 0. The van der Waals surface area contributed by atoms with Crippen molar-refractivity contribution in [3.05, 3.63) is 24.3 Å². The highest BCUT2D eigenvalue weighted by molar-refractivity contribution is 5.75. The summed E-state index contributed by atoms with van der Waals surface area (Å²) in [6.45, 7) is 6.37. The molecule has 1 heterocycles. The molecule has 0 unspecified atom stereocenters. The molecule has 1 aliphatic rings. The molecule has 2 rings (SSSR count). The van der Waals surface area contributed by atoms with Crippen molar-refractivity contribution >= 4 is 11.6 Å². The first-order valence-electron chi connectivity index (χ1n) is 9.10. The number of quaternary nitrogens is 1. The molecule has 1 aromatic carbocycles. The van der Waals surface area contributed by atoms with E-state index in [9.17, 15) is 5.11 Å². The van der Waals surface area contributed by atoms with Gasteiger partial charge in [0.1, 0.15) is 12.4 Å². The van der Waals surface area contributed by atoms with Gasteiger partial charge < -0.3 is 24.2 Å². The maximum atomic E-state index is 12.1. The van der Waals surface area contributed by atoms with Gasteiger partial charge in [-0.2, -0.15) is 0 Å². The van der Waals surface area contributed by atoms with Gasteiger partial charge >= 0.3 is 0 Å². The van der Waals surface area contributed by atoms with Crippen LogP contribution in [-0.2, 0) is 4.74 Å². The average Bonchev–Trinajstić information content (AvgIpc) is 3.05. The largest absolute Gasteiger partial charge is 0.862 e. The lowest BCUT2D eigenvalue weighted by atomic mass is 10.3. The standard InChI is InChI=1S/C19H30N2O4/c1-3-24-14-17(22)15-25-18-8-6-16(7-9-18)20-19(23)10-13-21(2)11-4-5-12-21/h6-9,17,22H,3-5,10-15H2,1-2H3/p+1/t17-/m1/s1. The number of likely N-dealkylation sites (tertiary alicyclic amines) is 1. The maximum absolute atomic E-state index is 12.1. The summed E-state index contributed by atoms with van der Waals surface area (Å²) in [5.74, 6) is 0.609. The van der Waals surface area contributed by atoms with Gasteiger partial charge in [-0.1, -0.05) is 0 Å². The van der Waals surface area contributed by atoms with Crippen LogP contribution in [0.4, 0.5) is 5.69 Å². The van der Waals surface area contributed by atoms with E-state index in [0.29, 0.717) is 31.1 Å². The average molecular weight is 351 g/mol. The van der Waals surface area contributed by atoms with Crippen molar-refractivity contribution in [3.63, 3.8) is 0 Å². The number of benzene rings is 1. The molecule has 2 N–H and O–H groups in total. The van der Waals surface area contributed by atoms with Crippen LogP contribution < -0.4 is 9.84 Å². The lowest BCUT2D eigenvalue weighted by molar-refractivity contribution is -0.897. The van der Waals surface area contributed by atoms with E-state index < -0.39 is 6.10 Å². The lowest BCUT2D eigenvalue weighted by Crippen LogP contribution is -2.43. The summed E-state index contributed by atoms with van der Waals surface area (Å²) in [5.41, 5.74) is 0.651. The normalized spacial score (nSPS) is 18.3. The fraction of sp³-hybridized carbons (Fsp3) is 0.632. The zero-order valence-electron chi connectivity index (χ0n) is 15.4. The van der Waals surface area contributed by atoms with Crippen LogP contribution in [-0.4, -0.2) is 68.1 Å². The van der Waals surface area contributed by atoms with Crippen molar-refractivity contribution < 1.29 is 24.2 Å². The van der Waals surface area contributed by atoms with Crippen LogP contribution in [0.3, 0.4) is 0 Å². The van der Waals surface area contributed by atoms with Crippen molar-refractivity contribution in [3.8, 4) is 5.75 Å². The van der Waals surface area contributed by atoms with Crippen molar-refractivity contribution in [2.45, 2.75) is 32.3 Å². The van der Waals surface area contributed by atoms with Crippen molar-refractivity contribution in [2.75, 3.05) is 46.5 Å². The Morgan fingerprint density at radius 1 is 1.24 bits per heavy atom. The van der Waals surface area contributed by atoms with Crippen molar-refractivity contribution in [2.24, 2.45) is 4.99 Å². The zero-order valence-corrected chi connectivity index (χ0v) is 15.4. The molecule has 1 fully saturated rings. The minimum absolute atomic E-state index is 0.0668. The summed E-state index contributed by atoms with van der Waals surface area (Å²) in [6.07, 6.45) is 2.60. The Morgan fingerprint density at radius 2 is 1.92 bits per heavy atom. The number of nitrogens with zero attached hydrogens (tertiary/aromatic N) is 2. The quantitative estimate of drug-likeness (QED) is 0.275. The van der Waals surface area contributed by atoms with Gasteiger partial charge in [-0.25, -0.2) is 0 Å². The molecule has 140 valence electrons. The molecule has 0 aliphatic carbocycles. The highest BCUT2D eigenvalue weighted by Crippen LogP contribution is 2.20. The third-order valence-corrected chi connectivity index (χ3v) is 4.58. The van der Waals surface area contributed by atoms with Crippen LogP contribution in [0, 0.1) is 0 Å². The van der Waals surface area contributed by atoms with Crippen LogP contribution >= 0.6 is 0 Å². The van der Waals surface area contributed by atoms with E-state index in [1.165, 1.54) is 25.9 Å². The van der Waals surface area contributed by atoms with Gasteiger partial charge in [-0.15, -0.1) is 0 Å². The summed E-state index contributed by atoms with van der Waals surface area (Å²) in [4.78, 5) is 4.17. The molecule has 0 bridgehead atoms. The summed E-state index contributed by atoms with van der Waals surface area (Å²) in [7, 11) is 2.22. The number of hydrogen-bond donors (Lipinski definition) is 0. The minimum Gasteiger partial charge on any atom is -0.862 e. The van der Waals surface area contributed by atoms with Gasteiger partial charge in [0, 0.05) is 25.9 Å². The van der Waals surface area contributed by atoms with E-state index in [1.54, 1.807) is 24.3 Å². The van der Waals surface area contributed by atoms with Gasteiger partial charge in [0.2, 0.25) is 6.10 Å². The number of ether oxygens (including phenoxy) is 2. The Kier molecular flexibility index (Phi) is 7.68. The smallest absolute Gasteiger partial charge is 0.212 e. The second-order valence-electron chi connectivity index (χ2n) is 6.91. The monoisotopic (exact) mass is 351 g/mol. The first-order valence-corrected chi connectivity index (χ1v) is 9.10. The van der Waals surface area contributed by atoms with Gasteiger partial charge in [-0.05, 0) is 37.1 Å². The predicted octanol–water partition coefficient (Wildman–Crippen LogP) is 1.22. The van der Waals surface area contributed by atoms with Crippen molar-refractivity contribution in [1.82, 2.24) is 0 Å². The molecule has 25 heavy (non-hydrogen) atoms. The van der Waals surface area contributed by atoms with Crippen LogP contribution in [0.1, 0.15) is 26.2 Å². The molecular weight excluding hydrogens is 320 g/mol. The minimum atomic E-state index is -0.402. The molecule has 0 aromatic heterocycles. The van der Waals surface area contributed by atoms with E-state index in [4.69, 9.17) is 14.6 Å². The summed E-state index contributed by atoms with van der Waals surface area (Å²) < 4.78 is 11.7. The van der Waals surface area contributed by atoms with Gasteiger partial charge in [0.05, 0.1) is 32.4 Å². The molecule has 1 aliphatic heterocycles. The van der Waals surface area contributed by atoms with Crippen LogP contribution in [0.25, 0.3) is 0 Å². The topological polar surface area (TPSA) is 76.8 Å². The van der Waals surface area contributed by atoms with Gasteiger partial charge in [0.15, 0.2) is 6.61 Å². The molecular formula is C19H31N2O4+. The predicted molar refractivity (Wildman–Crippen MR) is 97.6 cm³/mol. The maximum Gasteiger partial charge on any atom is 0.212 e. The van der Waals surface area contributed by atoms with E-state index in [1.807, 2.05) is 6.92 Å². The summed E-state index contributed by atoms with van der Waals surface area (Å²) in [5, 5.41) is 19.8. The third-order valence-electron chi connectivity index (χ3n) is 4.58. The molecule has 0 amide bonds. The SMILES string of the molecule is CCOC[C@@H]([OH2+])COc1ccc(N=C([O-])CC[N+]2(C)CCCC2)cc1. The Bertz CT molecular complexity index is 539. The fourth-order valence-electron chi connectivity index (χ4n) is 3.01. The molecule has 0 spiro atoms. The second-order valence-corrected chi connectivity index (χ2v) is 6.91. The molecule has 1 atom stereocenters. The first-order chi connectivity index (χ1) is 12.0. The van der Waals surface area contributed by atoms with E-state index in [0.717, 1.165) is 11.0 Å². The molecule has 6 heteroatoms. The number of aliphatic imine (C=N–C) groups is 1. The highest BCUT2D eigenvalue weighted by Gasteiger charge is 2.25. The van der Waals surface area contributed by atoms with Crippen LogP contribution in [0.15, 0.2) is 29.3 Å². The van der Waals surface area contributed by atoms with E-state index >= 15 is 0 Å². The molecule has 6 nitrogen and oxygen atoms in total. The van der Waals surface area contributed by atoms with Crippen LogP contribution in [0.2, 0.25) is 0 Å². The lowest BCUT2D eigenvalue weighted by Gasteiger charge is -2.30. The Hall–Kier alpha value is -1.63. The highest BCUT2D eigenvalue weighted by atomic mass is 16.5. The van der Waals surface area contributed by atoms with E-state index in [2.05, 4.69) is 12.0 Å². The molecule has 0 radical (unpaired) electrons. The summed E-state index contributed by atoms with van der Waals surface area (Å²) in [6, 6.07) is 7.13. The van der Waals surface area contributed by atoms with Gasteiger partial charge in [-0.3, -0.25) is 4.99 Å². The van der Waals surface area contributed by atoms with E-state index in [-0.39, 0.29) is 12.5 Å². The Balaban J connectivity index is 1.78. The Morgan fingerprint density at radius 3 is 2.56 bits per heavy atom. The molecule has 1 aromatic rings. The second kappa shape index (κ2) is 9.75. The molecule has 0 saturated carbocycles. The first kappa shape index (κ1) is 19.7. The van der Waals surface area contributed by atoms with Gasteiger partial charge in [0.25, 0.3) is 0 Å². The number of rotatable bonds is 10. The Labute approximate surface area is 150 Å². The zero-order chi connectivity index (χ0) is 18.1. The van der Waals surface area contributed by atoms with Crippen molar-refractivity contribution in [1.29, 1.82) is 0 Å². The number of hydrogen-bond acceptors (Lipinski definition) is 4. The fourth-order valence-corrected chi connectivity index (χ4v) is 3.01.